The van der Waals surface area contributed by atoms with Gasteiger partial charge < -0.3 is 15.1 Å². The van der Waals surface area contributed by atoms with Crippen LogP contribution in [-0.4, -0.2) is 76.7 Å². The standard InChI is InChI=1S/C30H34FN5O3.C2H6/c1-21(23-11-5-3-6-12-23)34-19-26-35(28(29(34)38)24-13-7-4-8-14-24)27(37)20-33(2)36(26)30(39)32-18-22-10-9-15-25(31)17-16-22;1-2/h3-8,10-14,16-17,21,25-26,28H,9,15,18-20H2,1-2H3,(H,32,39);1-2H3/t21-,25?,26?,28-;/m0./s1. The highest BCUT2D eigenvalue weighted by Gasteiger charge is 2.52. The minimum Gasteiger partial charge on any atom is -0.333 e. The highest BCUT2D eigenvalue weighted by atomic mass is 19.1. The van der Waals surface area contributed by atoms with Crippen molar-refractivity contribution in [1.82, 2.24) is 25.1 Å². The topological polar surface area (TPSA) is 76.2 Å². The SMILES string of the molecule is CC.C[C@@H](c1ccccc1)N1CC2N(C(=O)CN(C)N2C(=O)NCC2=CCCC(F)C=C2)[C@@H](c2ccccc2)C1=O. The van der Waals surface area contributed by atoms with Crippen molar-refractivity contribution >= 4 is 17.8 Å². The van der Waals surface area contributed by atoms with Crippen molar-refractivity contribution in [2.75, 3.05) is 26.7 Å². The molecule has 8 nitrogen and oxygen atoms in total. The lowest BCUT2D eigenvalue weighted by Gasteiger charge is -2.55. The number of halogens is 1. The van der Waals surface area contributed by atoms with Gasteiger partial charge in [0.05, 0.1) is 19.1 Å². The van der Waals surface area contributed by atoms with Gasteiger partial charge in [-0.2, -0.15) is 0 Å². The molecule has 218 valence electrons. The molecule has 1 N–H and O–H groups in total. The van der Waals surface area contributed by atoms with Crippen LogP contribution in [0.25, 0.3) is 0 Å². The highest BCUT2D eigenvalue weighted by Crippen LogP contribution is 2.37. The molecule has 0 saturated carbocycles. The fourth-order valence-electron chi connectivity index (χ4n) is 5.59. The lowest BCUT2D eigenvalue weighted by Crippen LogP contribution is -2.74. The number of hydrazine groups is 1. The fourth-order valence-corrected chi connectivity index (χ4v) is 5.59. The number of carbonyl (C=O) groups is 3. The van der Waals surface area contributed by atoms with Crippen LogP contribution in [0.5, 0.6) is 0 Å². The van der Waals surface area contributed by atoms with E-state index in [0.29, 0.717) is 18.4 Å². The number of fused-ring (bicyclic) bond motifs is 1. The number of hydrogen-bond acceptors (Lipinski definition) is 4. The van der Waals surface area contributed by atoms with Crippen LogP contribution in [0.3, 0.4) is 0 Å². The van der Waals surface area contributed by atoms with Gasteiger partial charge in [-0.25, -0.2) is 19.2 Å². The molecule has 2 fully saturated rings. The van der Waals surface area contributed by atoms with Crippen molar-refractivity contribution in [3.8, 4) is 0 Å². The van der Waals surface area contributed by atoms with E-state index in [1.807, 2.05) is 87.5 Å². The summed E-state index contributed by atoms with van der Waals surface area (Å²) in [6.45, 7) is 6.32. The van der Waals surface area contributed by atoms with E-state index < -0.39 is 18.4 Å². The summed E-state index contributed by atoms with van der Waals surface area (Å²) in [5, 5.41) is 6.09. The summed E-state index contributed by atoms with van der Waals surface area (Å²) >= 11 is 0. The lowest BCUT2D eigenvalue weighted by molar-refractivity contribution is -0.189. The zero-order valence-electron chi connectivity index (χ0n) is 24.2. The van der Waals surface area contributed by atoms with Crippen molar-refractivity contribution in [1.29, 1.82) is 0 Å². The van der Waals surface area contributed by atoms with Crippen LogP contribution >= 0.6 is 0 Å². The average Bonchev–Trinajstić information content (AvgIpc) is 3.21. The Balaban J connectivity index is 0.00000189. The maximum Gasteiger partial charge on any atom is 0.334 e. The molecule has 2 aromatic rings. The van der Waals surface area contributed by atoms with E-state index in [9.17, 15) is 18.8 Å². The molecule has 3 aliphatic rings. The molecule has 5 rings (SSSR count). The van der Waals surface area contributed by atoms with Gasteiger partial charge in [-0.1, -0.05) is 92.7 Å². The lowest BCUT2D eigenvalue weighted by atomic mass is 9.96. The number of likely N-dealkylation sites (N-methyl/N-ethyl adjacent to an activating group) is 1. The maximum atomic E-state index is 14.0. The Labute approximate surface area is 242 Å². The summed E-state index contributed by atoms with van der Waals surface area (Å²) in [6, 6.07) is 17.5. The van der Waals surface area contributed by atoms with E-state index in [4.69, 9.17) is 0 Å². The van der Waals surface area contributed by atoms with Crippen LogP contribution in [0.1, 0.15) is 56.8 Å². The predicted molar refractivity (Wildman–Crippen MR) is 157 cm³/mol. The van der Waals surface area contributed by atoms with Gasteiger partial charge in [0, 0.05) is 13.6 Å². The van der Waals surface area contributed by atoms with Crippen LogP contribution in [-0.2, 0) is 9.59 Å². The number of piperazine rings is 1. The van der Waals surface area contributed by atoms with E-state index in [1.165, 1.54) is 11.1 Å². The van der Waals surface area contributed by atoms with Crippen molar-refractivity contribution in [3.05, 3.63) is 95.6 Å². The molecule has 1 aliphatic carbocycles. The third-order valence-corrected chi connectivity index (χ3v) is 7.66. The molecule has 2 saturated heterocycles. The zero-order valence-corrected chi connectivity index (χ0v) is 24.2. The van der Waals surface area contributed by atoms with Crippen molar-refractivity contribution in [2.45, 2.75) is 58.0 Å². The quantitative estimate of drug-likeness (QED) is 0.558. The second-order valence-electron chi connectivity index (χ2n) is 10.2. The summed E-state index contributed by atoms with van der Waals surface area (Å²) in [7, 11) is 1.70. The van der Waals surface area contributed by atoms with Gasteiger partial charge in [-0.3, -0.25) is 9.59 Å². The van der Waals surface area contributed by atoms with Crippen LogP contribution in [0.15, 0.2) is 84.5 Å². The monoisotopic (exact) mass is 561 g/mol. The Kier molecular flexibility index (Phi) is 9.94. The van der Waals surface area contributed by atoms with Gasteiger partial charge in [0.25, 0.3) is 5.91 Å². The number of allylic oxidation sites excluding steroid dienone is 2. The number of urea groups is 1. The van der Waals surface area contributed by atoms with Crippen LogP contribution < -0.4 is 5.32 Å². The van der Waals surface area contributed by atoms with Gasteiger partial charge >= 0.3 is 6.03 Å². The van der Waals surface area contributed by atoms with Crippen LogP contribution in [0.4, 0.5) is 9.18 Å². The zero-order chi connectivity index (χ0) is 29.5. The molecule has 41 heavy (non-hydrogen) atoms. The van der Waals surface area contributed by atoms with Gasteiger partial charge in [-0.05, 0) is 36.5 Å². The molecule has 4 amide bonds. The Hall–Kier alpha value is -3.98. The molecule has 2 aromatic carbocycles. The Bertz CT molecular complexity index is 1270. The van der Waals surface area contributed by atoms with Gasteiger partial charge in [0.2, 0.25) is 5.91 Å². The summed E-state index contributed by atoms with van der Waals surface area (Å²) in [6.07, 6.45) is 4.47. The molecule has 9 heteroatoms. The normalized spacial score (nSPS) is 23.6. The number of benzene rings is 2. The number of nitrogens with one attached hydrogen (secondary N) is 1. The predicted octanol–water partition coefficient (Wildman–Crippen LogP) is 5.00. The molecule has 2 unspecified atom stereocenters. The third kappa shape index (κ3) is 6.51. The molecule has 0 bridgehead atoms. The number of amides is 4. The van der Waals surface area contributed by atoms with E-state index in [2.05, 4.69) is 5.32 Å². The fraction of sp³-hybridized carbons (Fsp3) is 0.406. The first-order valence-electron chi connectivity index (χ1n) is 14.4. The van der Waals surface area contributed by atoms with Crippen molar-refractivity contribution in [2.24, 2.45) is 0 Å². The summed E-state index contributed by atoms with van der Waals surface area (Å²) in [5.74, 6) is -0.397. The molecule has 0 radical (unpaired) electrons. The van der Waals surface area contributed by atoms with Crippen LogP contribution in [0.2, 0.25) is 0 Å². The number of nitrogens with zero attached hydrogens (tertiary/aromatic N) is 4. The second-order valence-corrected chi connectivity index (χ2v) is 10.2. The van der Waals surface area contributed by atoms with Crippen molar-refractivity contribution in [3.63, 3.8) is 0 Å². The Morgan fingerprint density at radius 2 is 1.71 bits per heavy atom. The first-order valence-corrected chi connectivity index (χ1v) is 14.4. The first kappa shape index (κ1) is 30.0. The van der Waals surface area contributed by atoms with Gasteiger partial charge in [0.1, 0.15) is 18.4 Å². The summed E-state index contributed by atoms with van der Waals surface area (Å²) in [5.41, 5.74) is 2.50. The number of alkyl halides is 1. The number of rotatable bonds is 5. The largest absolute Gasteiger partial charge is 0.334 e. The average molecular weight is 562 g/mol. The molecule has 0 spiro atoms. The molecule has 2 aliphatic heterocycles. The summed E-state index contributed by atoms with van der Waals surface area (Å²) in [4.78, 5) is 44.5. The van der Waals surface area contributed by atoms with E-state index in [0.717, 1.165) is 11.1 Å². The first-order chi connectivity index (χ1) is 19.8. The summed E-state index contributed by atoms with van der Waals surface area (Å²) < 4.78 is 13.7. The van der Waals surface area contributed by atoms with E-state index >= 15 is 0 Å². The molecular weight excluding hydrogens is 521 g/mol. The molecular formula is C32H40FN5O3. The molecule has 0 aromatic heterocycles. The van der Waals surface area contributed by atoms with Gasteiger partial charge in [0.15, 0.2) is 0 Å². The second kappa shape index (κ2) is 13.6. The number of hydrogen-bond donors (Lipinski definition) is 1. The minimum atomic E-state index is -0.991. The number of carbonyl (C=O) groups excluding carboxylic acids is 3. The van der Waals surface area contributed by atoms with Gasteiger partial charge in [-0.15, -0.1) is 0 Å². The van der Waals surface area contributed by atoms with Crippen LogP contribution in [0, 0.1) is 0 Å². The highest BCUT2D eigenvalue weighted by molar-refractivity contribution is 5.92. The Morgan fingerprint density at radius 3 is 2.39 bits per heavy atom. The smallest absolute Gasteiger partial charge is 0.333 e. The Morgan fingerprint density at radius 1 is 1.05 bits per heavy atom. The third-order valence-electron chi connectivity index (χ3n) is 7.66. The van der Waals surface area contributed by atoms with Crippen molar-refractivity contribution < 1.29 is 18.8 Å². The van der Waals surface area contributed by atoms with E-state index in [1.54, 1.807) is 27.9 Å². The molecule has 4 atom stereocenters. The maximum absolute atomic E-state index is 14.0. The molecule has 2 heterocycles. The van der Waals surface area contributed by atoms with E-state index in [-0.39, 0.29) is 43.5 Å². The minimum absolute atomic E-state index is 0.0408.